The highest BCUT2D eigenvalue weighted by molar-refractivity contribution is 5.79. The zero-order valence-electron chi connectivity index (χ0n) is 11.8. The first-order valence-corrected chi connectivity index (χ1v) is 6.68. The van der Waals surface area contributed by atoms with Crippen molar-refractivity contribution in [2.75, 3.05) is 0 Å². The summed E-state index contributed by atoms with van der Waals surface area (Å²) in [6.45, 7) is 2.02. The van der Waals surface area contributed by atoms with Crippen LogP contribution >= 0.6 is 0 Å². The van der Waals surface area contributed by atoms with E-state index in [0.717, 1.165) is 0 Å². The van der Waals surface area contributed by atoms with Crippen LogP contribution in [0.3, 0.4) is 0 Å². The first-order chi connectivity index (χ1) is 10.7. The summed E-state index contributed by atoms with van der Waals surface area (Å²) < 4.78 is 1.58. The molecular weight excluding hydrogens is 284 g/mol. The minimum atomic E-state index is -0.391. The summed E-state index contributed by atoms with van der Waals surface area (Å²) in [6, 6.07) is 1.38. The second-order valence-electron chi connectivity index (χ2n) is 4.58. The summed E-state index contributed by atoms with van der Waals surface area (Å²) in [7, 11) is 0. The van der Waals surface area contributed by atoms with Crippen molar-refractivity contribution < 1.29 is 4.79 Å². The van der Waals surface area contributed by atoms with Gasteiger partial charge >= 0.3 is 0 Å². The van der Waals surface area contributed by atoms with E-state index in [0.29, 0.717) is 17.3 Å². The third-order valence-electron chi connectivity index (χ3n) is 3.06. The molecule has 0 saturated heterocycles. The van der Waals surface area contributed by atoms with Crippen LogP contribution in [0, 0.1) is 0 Å². The van der Waals surface area contributed by atoms with Crippen LogP contribution in [-0.2, 0) is 11.3 Å². The van der Waals surface area contributed by atoms with Gasteiger partial charge in [0, 0.05) is 24.8 Å². The van der Waals surface area contributed by atoms with Gasteiger partial charge in [-0.1, -0.05) is 0 Å². The standard InChI is InChI=1S/C13H14N8O/c1-9(21-6-2-3-17-21)13(22)16-8-11-18-12(20-19-11)10-7-14-4-5-15-10/h2-7,9H,8H2,1H3,(H,16,22)(H,18,19,20). The maximum Gasteiger partial charge on any atom is 0.244 e. The molecule has 0 radical (unpaired) electrons. The Morgan fingerprint density at radius 2 is 2.32 bits per heavy atom. The van der Waals surface area contributed by atoms with E-state index in [2.05, 4.69) is 35.6 Å². The molecule has 2 N–H and O–H groups in total. The highest BCUT2D eigenvalue weighted by Crippen LogP contribution is 2.09. The SMILES string of the molecule is CC(C(=O)NCc1nc(-c2cnccn2)n[nH]1)n1cccn1. The predicted molar refractivity (Wildman–Crippen MR) is 76.2 cm³/mol. The number of nitrogens with zero attached hydrogens (tertiary/aromatic N) is 6. The number of hydrogen-bond donors (Lipinski definition) is 2. The third-order valence-corrected chi connectivity index (χ3v) is 3.06. The normalized spacial score (nSPS) is 12.0. The molecule has 112 valence electrons. The number of nitrogens with one attached hydrogen (secondary N) is 2. The van der Waals surface area contributed by atoms with E-state index in [1.54, 1.807) is 48.7 Å². The summed E-state index contributed by atoms with van der Waals surface area (Å²) in [4.78, 5) is 24.4. The second kappa shape index (κ2) is 6.12. The van der Waals surface area contributed by atoms with Crippen LogP contribution < -0.4 is 5.32 Å². The van der Waals surface area contributed by atoms with E-state index >= 15 is 0 Å². The van der Waals surface area contributed by atoms with E-state index in [9.17, 15) is 4.79 Å². The molecule has 3 rings (SSSR count). The number of carbonyl (C=O) groups is 1. The molecule has 0 fully saturated rings. The van der Waals surface area contributed by atoms with Crippen LogP contribution in [0.2, 0.25) is 0 Å². The van der Waals surface area contributed by atoms with Crippen molar-refractivity contribution in [3.63, 3.8) is 0 Å². The molecule has 9 heteroatoms. The van der Waals surface area contributed by atoms with Crippen molar-refractivity contribution in [2.24, 2.45) is 0 Å². The van der Waals surface area contributed by atoms with Crippen LogP contribution in [0.15, 0.2) is 37.1 Å². The molecule has 1 amide bonds. The molecule has 0 aliphatic carbocycles. The Morgan fingerprint density at radius 1 is 1.41 bits per heavy atom. The lowest BCUT2D eigenvalue weighted by molar-refractivity contribution is -0.124. The van der Waals surface area contributed by atoms with Crippen molar-refractivity contribution in [3.05, 3.63) is 42.9 Å². The Labute approximate surface area is 125 Å². The zero-order valence-corrected chi connectivity index (χ0v) is 11.8. The van der Waals surface area contributed by atoms with E-state index in [-0.39, 0.29) is 12.5 Å². The van der Waals surface area contributed by atoms with Crippen molar-refractivity contribution in [2.45, 2.75) is 19.5 Å². The fourth-order valence-corrected chi connectivity index (χ4v) is 1.85. The lowest BCUT2D eigenvalue weighted by Gasteiger charge is -2.11. The number of hydrogen-bond acceptors (Lipinski definition) is 6. The number of amides is 1. The molecular formula is C13H14N8O. The van der Waals surface area contributed by atoms with Gasteiger partial charge < -0.3 is 5.32 Å². The largest absolute Gasteiger partial charge is 0.347 e. The number of H-pyrrole nitrogens is 1. The molecule has 3 aromatic rings. The van der Waals surface area contributed by atoms with Crippen molar-refractivity contribution >= 4 is 5.91 Å². The van der Waals surface area contributed by atoms with Crippen LogP contribution in [0.1, 0.15) is 18.8 Å². The maximum absolute atomic E-state index is 12.0. The lowest BCUT2D eigenvalue weighted by Crippen LogP contribution is -2.31. The fraction of sp³-hybridized carbons (Fsp3) is 0.231. The average molecular weight is 298 g/mol. The average Bonchev–Trinajstić information content (AvgIpc) is 3.24. The van der Waals surface area contributed by atoms with E-state index < -0.39 is 6.04 Å². The summed E-state index contributed by atoms with van der Waals surface area (Å²) >= 11 is 0. The van der Waals surface area contributed by atoms with Crippen LogP contribution in [0.4, 0.5) is 0 Å². The monoisotopic (exact) mass is 298 g/mol. The van der Waals surface area contributed by atoms with Gasteiger partial charge in [0.15, 0.2) is 0 Å². The molecule has 0 aliphatic rings. The number of rotatable bonds is 5. The molecule has 9 nitrogen and oxygen atoms in total. The Morgan fingerprint density at radius 3 is 3.05 bits per heavy atom. The van der Waals surface area contributed by atoms with E-state index in [4.69, 9.17) is 0 Å². The number of aromatic nitrogens is 7. The maximum atomic E-state index is 12.0. The Bertz CT molecular complexity index is 737. The Balaban J connectivity index is 1.60. The van der Waals surface area contributed by atoms with Crippen LogP contribution in [-0.4, -0.2) is 40.8 Å². The molecule has 3 aromatic heterocycles. The van der Waals surface area contributed by atoms with E-state index in [1.165, 1.54) is 0 Å². The Kier molecular flexibility index (Phi) is 3.86. The molecule has 1 atom stereocenters. The third kappa shape index (κ3) is 2.97. The predicted octanol–water partition coefficient (Wildman–Crippen LogP) is 0.336. The van der Waals surface area contributed by atoms with Gasteiger partial charge in [0.25, 0.3) is 0 Å². The summed E-state index contributed by atoms with van der Waals surface area (Å²) in [5.41, 5.74) is 0.571. The van der Waals surface area contributed by atoms with E-state index in [1.807, 2.05) is 0 Å². The quantitative estimate of drug-likeness (QED) is 0.702. The van der Waals surface area contributed by atoms with Crippen molar-refractivity contribution in [3.8, 4) is 11.5 Å². The molecule has 0 aromatic carbocycles. The molecule has 0 aliphatic heterocycles. The van der Waals surface area contributed by atoms with Gasteiger partial charge in [-0.3, -0.25) is 19.6 Å². The summed E-state index contributed by atoms with van der Waals surface area (Å²) in [6.07, 6.45) is 8.09. The highest BCUT2D eigenvalue weighted by Gasteiger charge is 2.15. The molecule has 0 saturated carbocycles. The summed E-state index contributed by atoms with van der Waals surface area (Å²) in [5.74, 6) is 0.834. The molecule has 1 unspecified atom stereocenters. The van der Waals surface area contributed by atoms with Crippen LogP contribution in [0.5, 0.6) is 0 Å². The van der Waals surface area contributed by atoms with Gasteiger partial charge in [-0.15, -0.1) is 0 Å². The minimum absolute atomic E-state index is 0.152. The van der Waals surface area contributed by atoms with Gasteiger partial charge in [-0.05, 0) is 13.0 Å². The van der Waals surface area contributed by atoms with Gasteiger partial charge in [-0.2, -0.15) is 10.2 Å². The molecule has 3 heterocycles. The minimum Gasteiger partial charge on any atom is -0.347 e. The molecule has 0 bridgehead atoms. The topological polar surface area (TPSA) is 114 Å². The first kappa shape index (κ1) is 13.9. The van der Waals surface area contributed by atoms with Crippen molar-refractivity contribution in [1.82, 2.24) is 40.2 Å². The van der Waals surface area contributed by atoms with Gasteiger partial charge in [-0.25, -0.2) is 9.97 Å². The van der Waals surface area contributed by atoms with Gasteiger partial charge in [0.2, 0.25) is 11.7 Å². The Hall–Kier alpha value is -3.10. The number of carbonyl (C=O) groups excluding carboxylic acids is 1. The van der Waals surface area contributed by atoms with Gasteiger partial charge in [0.1, 0.15) is 17.6 Å². The first-order valence-electron chi connectivity index (χ1n) is 6.68. The lowest BCUT2D eigenvalue weighted by atomic mass is 10.3. The van der Waals surface area contributed by atoms with Gasteiger partial charge in [0.05, 0.1) is 12.7 Å². The second-order valence-corrected chi connectivity index (χ2v) is 4.58. The zero-order chi connectivity index (χ0) is 15.4. The van der Waals surface area contributed by atoms with Crippen molar-refractivity contribution in [1.29, 1.82) is 0 Å². The fourth-order valence-electron chi connectivity index (χ4n) is 1.85. The summed E-state index contributed by atoms with van der Waals surface area (Å²) in [5, 5.41) is 13.6. The molecule has 22 heavy (non-hydrogen) atoms. The smallest absolute Gasteiger partial charge is 0.244 e. The highest BCUT2D eigenvalue weighted by atomic mass is 16.2. The number of aromatic amines is 1. The van der Waals surface area contributed by atoms with Crippen LogP contribution in [0.25, 0.3) is 11.5 Å². The molecule has 0 spiro atoms.